The largest absolute Gasteiger partial charge is 0.504 e. The SMILES string of the molecule is CCOC(=O)C1=C(C)C=c2oc(=Cc3ccc(-c4ccc(C=O)cc4C)o3)c(O)c2C1c1ccc(OC)c(OC)c1. The smallest absolute Gasteiger partial charge is 0.335 e. The van der Waals surface area contributed by atoms with Crippen LogP contribution in [0.4, 0.5) is 0 Å². The molecule has 2 aromatic carbocycles. The second kappa shape index (κ2) is 11.3. The molecule has 210 valence electrons. The third-order valence-corrected chi connectivity index (χ3v) is 7.11. The van der Waals surface area contributed by atoms with E-state index in [1.165, 1.54) is 7.11 Å². The van der Waals surface area contributed by atoms with Crippen molar-refractivity contribution in [3.8, 4) is 28.6 Å². The highest BCUT2D eigenvalue weighted by Crippen LogP contribution is 2.41. The third kappa shape index (κ3) is 5.04. The fourth-order valence-corrected chi connectivity index (χ4v) is 5.20. The summed E-state index contributed by atoms with van der Waals surface area (Å²) in [6, 6.07) is 14.3. The summed E-state index contributed by atoms with van der Waals surface area (Å²) in [6.45, 7) is 5.66. The molecular formula is C33H30O8. The number of rotatable bonds is 8. The molecule has 0 amide bonds. The van der Waals surface area contributed by atoms with E-state index in [9.17, 15) is 14.7 Å². The van der Waals surface area contributed by atoms with E-state index >= 15 is 0 Å². The lowest BCUT2D eigenvalue weighted by Crippen LogP contribution is -2.24. The van der Waals surface area contributed by atoms with Gasteiger partial charge in [0, 0.05) is 23.1 Å². The zero-order chi connectivity index (χ0) is 29.3. The molecule has 1 atom stereocenters. The molecule has 8 nitrogen and oxygen atoms in total. The van der Waals surface area contributed by atoms with Gasteiger partial charge in [-0.15, -0.1) is 0 Å². The van der Waals surface area contributed by atoms with Gasteiger partial charge < -0.3 is 28.2 Å². The molecule has 8 heteroatoms. The van der Waals surface area contributed by atoms with Crippen molar-refractivity contribution in [3.05, 3.63) is 98.5 Å². The Morgan fingerprint density at radius 2 is 1.78 bits per heavy atom. The number of carbonyl (C=O) groups excluding carboxylic acids is 2. The fourth-order valence-electron chi connectivity index (χ4n) is 5.20. The van der Waals surface area contributed by atoms with E-state index in [0.29, 0.717) is 56.3 Å². The normalized spacial score (nSPS) is 14.9. The molecule has 0 saturated carbocycles. The molecule has 41 heavy (non-hydrogen) atoms. The van der Waals surface area contributed by atoms with Crippen molar-refractivity contribution in [1.82, 2.24) is 0 Å². The summed E-state index contributed by atoms with van der Waals surface area (Å²) in [5, 5.41) is 11.5. The van der Waals surface area contributed by atoms with Crippen molar-refractivity contribution >= 4 is 24.4 Å². The highest BCUT2D eigenvalue weighted by molar-refractivity contribution is 5.95. The topological polar surface area (TPSA) is 108 Å². The predicted octanol–water partition coefficient (Wildman–Crippen LogP) is 5.02. The van der Waals surface area contributed by atoms with Crippen molar-refractivity contribution < 1.29 is 37.7 Å². The molecule has 2 aromatic heterocycles. The van der Waals surface area contributed by atoms with E-state index in [1.807, 2.05) is 32.0 Å². The van der Waals surface area contributed by atoms with Crippen molar-refractivity contribution in [2.75, 3.05) is 20.8 Å². The van der Waals surface area contributed by atoms with Crippen molar-refractivity contribution in [2.24, 2.45) is 0 Å². The first-order valence-corrected chi connectivity index (χ1v) is 13.1. The molecule has 5 rings (SSSR count). The minimum atomic E-state index is -0.689. The molecule has 0 radical (unpaired) electrons. The maximum atomic E-state index is 13.2. The Morgan fingerprint density at radius 1 is 1.00 bits per heavy atom. The van der Waals surface area contributed by atoms with Crippen LogP contribution in [-0.2, 0) is 9.53 Å². The maximum absolute atomic E-state index is 13.2. The molecule has 0 bridgehead atoms. The Morgan fingerprint density at radius 3 is 2.46 bits per heavy atom. The van der Waals surface area contributed by atoms with Crippen LogP contribution in [0.25, 0.3) is 23.5 Å². The monoisotopic (exact) mass is 554 g/mol. The minimum absolute atomic E-state index is 0.116. The molecule has 0 fully saturated rings. The van der Waals surface area contributed by atoms with E-state index in [4.69, 9.17) is 23.0 Å². The minimum Gasteiger partial charge on any atom is -0.504 e. The van der Waals surface area contributed by atoms with Gasteiger partial charge in [0.05, 0.1) is 32.0 Å². The zero-order valence-electron chi connectivity index (χ0n) is 23.4. The molecule has 1 unspecified atom stereocenters. The average Bonchev–Trinajstić information content (AvgIpc) is 3.55. The van der Waals surface area contributed by atoms with Gasteiger partial charge in [-0.25, -0.2) is 4.79 Å². The summed E-state index contributed by atoms with van der Waals surface area (Å²) in [6.07, 6.45) is 4.13. The van der Waals surface area contributed by atoms with Gasteiger partial charge in [0.2, 0.25) is 0 Å². The van der Waals surface area contributed by atoms with Crippen molar-refractivity contribution in [3.63, 3.8) is 0 Å². The van der Waals surface area contributed by atoms with Crippen LogP contribution in [0.15, 0.2) is 68.5 Å². The van der Waals surface area contributed by atoms with Crippen LogP contribution in [0.3, 0.4) is 0 Å². The first-order chi connectivity index (χ1) is 19.8. The number of ether oxygens (including phenoxy) is 3. The number of furan rings is 2. The van der Waals surface area contributed by atoms with E-state index in [0.717, 1.165) is 17.4 Å². The van der Waals surface area contributed by atoms with Crippen LogP contribution >= 0.6 is 0 Å². The van der Waals surface area contributed by atoms with Gasteiger partial charge in [-0.2, -0.15) is 0 Å². The predicted molar refractivity (Wildman–Crippen MR) is 153 cm³/mol. The highest BCUT2D eigenvalue weighted by atomic mass is 16.5. The number of fused-ring (bicyclic) bond motifs is 1. The lowest BCUT2D eigenvalue weighted by atomic mass is 9.80. The van der Waals surface area contributed by atoms with E-state index in [1.54, 1.807) is 56.5 Å². The summed E-state index contributed by atoms with van der Waals surface area (Å²) in [5.41, 5.74) is 5.11. The first-order valence-electron chi connectivity index (χ1n) is 13.1. The summed E-state index contributed by atoms with van der Waals surface area (Å²) in [4.78, 5) is 24.3. The van der Waals surface area contributed by atoms with E-state index in [2.05, 4.69) is 0 Å². The Kier molecular flexibility index (Phi) is 7.57. The second-order valence-corrected chi connectivity index (χ2v) is 9.64. The number of hydrogen-bond acceptors (Lipinski definition) is 8. The van der Waals surface area contributed by atoms with Crippen molar-refractivity contribution in [2.45, 2.75) is 26.7 Å². The quantitative estimate of drug-likeness (QED) is 0.239. The molecular weight excluding hydrogens is 524 g/mol. The number of benzene rings is 2. The van der Waals surface area contributed by atoms with E-state index < -0.39 is 11.9 Å². The number of aldehydes is 1. The summed E-state index contributed by atoms with van der Waals surface area (Å²) >= 11 is 0. The molecule has 1 aliphatic carbocycles. The van der Waals surface area contributed by atoms with Crippen LogP contribution in [0.1, 0.15) is 52.6 Å². The average molecular weight is 555 g/mol. The Bertz CT molecular complexity index is 1800. The van der Waals surface area contributed by atoms with E-state index in [-0.39, 0.29) is 17.8 Å². The van der Waals surface area contributed by atoms with Gasteiger partial charge in [0.1, 0.15) is 23.2 Å². The van der Waals surface area contributed by atoms with Crippen LogP contribution in [0, 0.1) is 6.92 Å². The number of aryl methyl sites for hydroxylation is 1. The molecule has 2 heterocycles. The first kappa shape index (κ1) is 27.6. The lowest BCUT2D eigenvalue weighted by molar-refractivity contribution is -0.138. The number of esters is 1. The van der Waals surface area contributed by atoms with Gasteiger partial charge >= 0.3 is 5.97 Å². The van der Waals surface area contributed by atoms with Gasteiger partial charge in [-0.3, -0.25) is 4.79 Å². The van der Waals surface area contributed by atoms with Crippen LogP contribution < -0.4 is 20.3 Å². The van der Waals surface area contributed by atoms with Crippen LogP contribution in [0.2, 0.25) is 0 Å². The number of methoxy groups -OCH3 is 2. The molecule has 1 N–H and O–H groups in total. The van der Waals surface area contributed by atoms with Gasteiger partial charge in [0.15, 0.2) is 22.7 Å². The maximum Gasteiger partial charge on any atom is 0.335 e. The van der Waals surface area contributed by atoms with Gasteiger partial charge in [-0.1, -0.05) is 18.2 Å². The number of aromatic hydroxyl groups is 1. The number of hydrogen-bond donors (Lipinski definition) is 1. The highest BCUT2D eigenvalue weighted by Gasteiger charge is 2.35. The molecule has 0 aliphatic heterocycles. The third-order valence-electron chi connectivity index (χ3n) is 7.11. The number of allylic oxidation sites excluding steroid dienone is 1. The summed E-state index contributed by atoms with van der Waals surface area (Å²) < 4.78 is 28.5. The van der Waals surface area contributed by atoms with Crippen LogP contribution in [0.5, 0.6) is 17.2 Å². The summed E-state index contributed by atoms with van der Waals surface area (Å²) in [7, 11) is 3.08. The summed E-state index contributed by atoms with van der Waals surface area (Å²) in [5.74, 6) is 0.797. The molecule has 1 aliphatic rings. The Hall–Kier alpha value is -4.98. The van der Waals surface area contributed by atoms with Crippen LogP contribution in [-0.4, -0.2) is 38.2 Å². The Balaban J connectivity index is 1.63. The standard InChI is InChI=1S/C33H30O8/c1-6-39-33(36)29-19(3)14-27-31(30(29)21-8-11-25(37-4)26(15-21)38-5)32(35)28(41-27)16-22-9-12-24(40-22)23-10-7-20(17-34)13-18(23)2/h7-17,30,35H,6H2,1-5H3. The lowest BCUT2D eigenvalue weighted by Gasteiger charge is -2.24. The second-order valence-electron chi connectivity index (χ2n) is 9.64. The fraction of sp³-hybridized carbons (Fsp3) is 0.212. The van der Waals surface area contributed by atoms with Gasteiger partial charge in [-0.05, 0) is 73.9 Å². The van der Waals surface area contributed by atoms with Gasteiger partial charge in [0.25, 0.3) is 0 Å². The molecule has 4 aromatic rings. The van der Waals surface area contributed by atoms with Crippen molar-refractivity contribution in [1.29, 1.82) is 0 Å². The number of carbonyl (C=O) groups is 2. The molecule has 0 spiro atoms. The molecule has 0 saturated heterocycles. The zero-order valence-corrected chi connectivity index (χ0v) is 23.4. The Labute approximate surface area is 236 Å².